The van der Waals surface area contributed by atoms with Crippen molar-refractivity contribution in [2.24, 2.45) is 0 Å². The van der Waals surface area contributed by atoms with E-state index < -0.39 is 0 Å². The maximum atomic E-state index is 9.71. The van der Waals surface area contributed by atoms with E-state index in [9.17, 15) is 10.5 Å². The largest absolute Gasteiger partial charge is 0.455 e. The normalized spacial score (nSPS) is 10.7. The topological polar surface area (TPSA) is 73.6 Å². The molecule has 0 saturated carbocycles. The number of benzene rings is 3. The molecule has 0 atom stereocenters. The molecule has 4 nitrogen and oxygen atoms in total. The number of nitrogens with zero attached hydrogens (tertiary/aromatic N) is 3. The van der Waals surface area contributed by atoms with E-state index in [2.05, 4.69) is 17.1 Å². The first-order valence-electron chi connectivity index (χ1n) is 9.10. The Kier molecular flexibility index (Phi) is 3.83. The van der Waals surface area contributed by atoms with Gasteiger partial charge in [-0.25, -0.2) is 0 Å². The van der Waals surface area contributed by atoms with Crippen molar-refractivity contribution < 1.29 is 4.42 Å². The molecular formula is C25H13N3O. The number of hydrogen-bond donors (Lipinski definition) is 0. The zero-order valence-electron chi connectivity index (χ0n) is 15.3. The summed E-state index contributed by atoms with van der Waals surface area (Å²) in [6.45, 7) is 0. The maximum absolute atomic E-state index is 9.71. The molecule has 2 aromatic heterocycles. The molecule has 3 aromatic carbocycles. The Labute approximate surface area is 166 Å². The molecule has 0 N–H and O–H groups in total. The Morgan fingerprint density at radius 2 is 1.62 bits per heavy atom. The number of aromatic nitrogens is 1. The second kappa shape index (κ2) is 6.64. The second-order valence-electron chi connectivity index (χ2n) is 6.67. The summed E-state index contributed by atoms with van der Waals surface area (Å²) in [5.41, 5.74) is 5.61. The van der Waals surface area contributed by atoms with Crippen LogP contribution in [0.3, 0.4) is 0 Å². The third-order valence-electron chi connectivity index (χ3n) is 5.01. The van der Waals surface area contributed by atoms with Crippen molar-refractivity contribution in [1.29, 1.82) is 10.5 Å². The van der Waals surface area contributed by atoms with Crippen molar-refractivity contribution in [1.82, 2.24) is 4.98 Å². The lowest BCUT2D eigenvalue weighted by Crippen LogP contribution is -1.86. The van der Waals surface area contributed by atoms with Gasteiger partial charge in [-0.15, -0.1) is 0 Å². The molecule has 0 fully saturated rings. The summed E-state index contributed by atoms with van der Waals surface area (Å²) in [5, 5.41) is 20.9. The van der Waals surface area contributed by atoms with Crippen molar-refractivity contribution >= 4 is 21.9 Å². The number of nitriles is 2. The lowest BCUT2D eigenvalue weighted by Gasteiger charge is -2.05. The highest BCUT2D eigenvalue weighted by molar-refractivity contribution is 6.13. The van der Waals surface area contributed by atoms with E-state index >= 15 is 0 Å². The van der Waals surface area contributed by atoms with E-state index in [1.807, 2.05) is 54.6 Å². The average Bonchev–Trinajstić information content (AvgIpc) is 3.17. The Bertz CT molecular complexity index is 1470. The molecule has 0 amide bonds. The van der Waals surface area contributed by atoms with Crippen LogP contribution in [0.25, 0.3) is 44.3 Å². The summed E-state index contributed by atoms with van der Waals surface area (Å²) in [5.74, 6) is 0. The minimum atomic E-state index is 0.506. The number of fused-ring (bicyclic) bond motifs is 3. The van der Waals surface area contributed by atoms with Crippen LogP contribution in [0.5, 0.6) is 0 Å². The van der Waals surface area contributed by atoms with Crippen LogP contribution < -0.4 is 0 Å². The number of pyridine rings is 1. The van der Waals surface area contributed by atoms with E-state index in [1.54, 1.807) is 24.4 Å². The Morgan fingerprint density at radius 3 is 2.41 bits per heavy atom. The summed E-state index contributed by atoms with van der Waals surface area (Å²) in [6.07, 6.45) is 1.75. The van der Waals surface area contributed by atoms with Crippen LogP contribution in [0.4, 0.5) is 0 Å². The zero-order valence-corrected chi connectivity index (χ0v) is 15.3. The van der Waals surface area contributed by atoms with Gasteiger partial charge in [0.05, 0.1) is 29.0 Å². The van der Waals surface area contributed by atoms with E-state index in [-0.39, 0.29) is 0 Å². The molecule has 0 saturated heterocycles. The summed E-state index contributed by atoms with van der Waals surface area (Å²) in [7, 11) is 0. The molecule has 29 heavy (non-hydrogen) atoms. The first kappa shape index (κ1) is 16.7. The van der Waals surface area contributed by atoms with E-state index in [1.165, 1.54) is 0 Å². The van der Waals surface area contributed by atoms with Crippen molar-refractivity contribution in [3.63, 3.8) is 0 Å². The molecule has 0 bridgehead atoms. The molecule has 0 unspecified atom stereocenters. The number of rotatable bonds is 2. The maximum Gasteiger partial charge on any atom is 0.144 e. The molecular weight excluding hydrogens is 358 g/mol. The van der Waals surface area contributed by atoms with Crippen LogP contribution in [0.1, 0.15) is 11.1 Å². The lowest BCUT2D eigenvalue weighted by atomic mass is 9.96. The molecule has 0 aliphatic carbocycles. The minimum absolute atomic E-state index is 0.506. The van der Waals surface area contributed by atoms with Gasteiger partial charge in [0, 0.05) is 28.1 Å². The van der Waals surface area contributed by atoms with Gasteiger partial charge in [-0.2, -0.15) is 10.5 Å². The van der Waals surface area contributed by atoms with E-state index in [4.69, 9.17) is 4.42 Å². The molecule has 5 aromatic rings. The summed E-state index contributed by atoms with van der Waals surface area (Å²) >= 11 is 0. The van der Waals surface area contributed by atoms with Crippen LogP contribution >= 0.6 is 0 Å². The minimum Gasteiger partial charge on any atom is -0.455 e. The lowest BCUT2D eigenvalue weighted by molar-refractivity contribution is 0.670. The van der Waals surface area contributed by atoms with Gasteiger partial charge in [-0.05, 0) is 48.0 Å². The highest BCUT2D eigenvalue weighted by atomic mass is 16.3. The van der Waals surface area contributed by atoms with Crippen molar-refractivity contribution in [2.75, 3.05) is 0 Å². The molecule has 5 rings (SSSR count). The SMILES string of the molecule is N#Cc1cccc(-c2c(C#N)ccc3c2oc2c(-c4ccccn4)cccc23)c1. The Hall–Kier alpha value is -4.41. The molecule has 134 valence electrons. The number of furan rings is 1. The van der Waals surface area contributed by atoms with Gasteiger partial charge < -0.3 is 4.42 Å². The highest BCUT2D eigenvalue weighted by Crippen LogP contribution is 2.40. The first-order chi connectivity index (χ1) is 14.3. The van der Waals surface area contributed by atoms with Gasteiger partial charge in [0.1, 0.15) is 11.2 Å². The molecule has 0 aliphatic heterocycles. The van der Waals surface area contributed by atoms with Gasteiger partial charge in [-0.1, -0.05) is 30.3 Å². The predicted octanol–water partition coefficient (Wildman–Crippen LogP) is 6.06. The predicted molar refractivity (Wildman–Crippen MR) is 112 cm³/mol. The van der Waals surface area contributed by atoms with E-state index in [0.29, 0.717) is 22.3 Å². The molecule has 0 aliphatic rings. The molecule has 0 radical (unpaired) electrons. The van der Waals surface area contributed by atoms with Crippen molar-refractivity contribution in [3.05, 3.63) is 90.1 Å². The zero-order chi connectivity index (χ0) is 19.8. The fourth-order valence-electron chi connectivity index (χ4n) is 3.71. The smallest absolute Gasteiger partial charge is 0.144 e. The summed E-state index contributed by atoms with van der Waals surface area (Å²) in [4.78, 5) is 4.46. The molecule has 0 spiro atoms. The molecule has 2 heterocycles. The van der Waals surface area contributed by atoms with Crippen molar-refractivity contribution in [2.45, 2.75) is 0 Å². The van der Waals surface area contributed by atoms with Gasteiger partial charge in [-0.3, -0.25) is 4.98 Å². The average molecular weight is 371 g/mol. The highest BCUT2D eigenvalue weighted by Gasteiger charge is 2.19. The number of para-hydroxylation sites is 1. The van der Waals surface area contributed by atoms with E-state index in [0.717, 1.165) is 33.2 Å². The first-order valence-corrected chi connectivity index (χ1v) is 9.10. The van der Waals surface area contributed by atoms with Crippen LogP contribution in [0.2, 0.25) is 0 Å². The summed E-state index contributed by atoms with van der Waals surface area (Å²) < 4.78 is 6.37. The third-order valence-corrected chi connectivity index (χ3v) is 5.01. The second-order valence-corrected chi connectivity index (χ2v) is 6.67. The Balaban J connectivity index is 1.89. The quantitative estimate of drug-likeness (QED) is 0.378. The van der Waals surface area contributed by atoms with Crippen LogP contribution in [-0.4, -0.2) is 4.98 Å². The standard InChI is InChI=1S/C25H13N3O/c26-14-16-5-3-6-17(13-16)23-18(15-27)10-11-20-19-7-4-8-21(24(19)29-25(20)23)22-9-1-2-12-28-22/h1-13H. The summed E-state index contributed by atoms with van der Waals surface area (Å²) in [6, 6.07) is 27.1. The Morgan fingerprint density at radius 1 is 0.759 bits per heavy atom. The van der Waals surface area contributed by atoms with Crippen LogP contribution in [-0.2, 0) is 0 Å². The van der Waals surface area contributed by atoms with Crippen LogP contribution in [0, 0.1) is 22.7 Å². The number of hydrogen-bond acceptors (Lipinski definition) is 4. The van der Waals surface area contributed by atoms with Gasteiger partial charge in [0.15, 0.2) is 0 Å². The van der Waals surface area contributed by atoms with Gasteiger partial charge >= 0.3 is 0 Å². The van der Waals surface area contributed by atoms with Gasteiger partial charge in [0.25, 0.3) is 0 Å². The fraction of sp³-hybridized carbons (Fsp3) is 0. The third kappa shape index (κ3) is 2.64. The van der Waals surface area contributed by atoms with Crippen LogP contribution in [0.15, 0.2) is 83.4 Å². The monoisotopic (exact) mass is 371 g/mol. The molecule has 4 heteroatoms. The van der Waals surface area contributed by atoms with Gasteiger partial charge in [0.2, 0.25) is 0 Å². The fourth-order valence-corrected chi connectivity index (χ4v) is 3.71. The van der Waals surface area contributed by atoms with Crippen molar-refractivity contribution in [3.8, 4) is 34.5 Å².